The van der Waals surface area contributed by atoms with Gasteiger partial charge in [-0.1, -0.05) is 37.6 Å². The van der Waals surface area contributed by atoms with Gasteiger partial charge < -0.3 is 19.7 Å². The number of phenolic OH excluding ortho intramolecular Hbond substituents is 2. The Kier molecular flexibility index (Phi) is 6.88. The minimum Gasteiger partial charge on any atom is -0.508 e. The van der Waals surface area contributed by atoms with E-state index in [4.69, 9.17) is 9.47 Å². The average molecular weight is 478 g/mol. The number of aromatic hydroxyl groups is 2. The van der Waals surface area contributed by atoms with Gasteiger partial charge in [-0.2, -0.15) is 0 Å². The summed E-state index contributed by atoms with van der Waals surface area (Å²) in [4.78, 5) is 3.40. The van der Waals surface area contributed by atoms with Crippen LogP contribution in [-0.4, -0.2) is 41.4 Å². The highest BCUT2D eigenvalue weighted by molar-refractivity contribution is 7.99. The summed E-state index contributed by atoms with van der Waals surface area (Å²) in [5.74, 6) is 2.92. The number of fused-ring (bicyclic) bond motifs is 1. The maximum absolute atomic E-state index is 9.94. The second kappa shape index (κ2) is 10.2. The fourth-order valence-electron chi connectivity index (χ4n) is 4.73. The minimum atomic E-state index is -0.212. The topological polar surface area (TPSA) is 62.2 Å². The van der Waals surface area contributed by atoms with Crippen molar-refractivity contribution in [3.63, 3.8) is 0 Å². The summed E-state index contributed by atoms with van der Waals surface area (Å²) in [5, 5.41) is 19.7. The van der Waals surface area contributed by atoms with Crippen LogP contribution in [0.1, 0.15) is 42.2 Å². The molecule has 6 heteroatoms. The van der Waals surface area contributed by atoms with Crippen molar-refractivity contribution < 1.29 is 19.7 Å². The van der Waals surface area contributed by atoms with E-state index < -0.39 is 0 Å². The SMILES string of the molecule is CC[C@H]1CCN(CCOc2ccc([C@@H]3Oc4ccc(O)cc4S[C@@H]3c3ccc(O)cc3)cc2)C1. The normalized spacial score (nSPS) is 22.2. The van der Waals surface area contributed by atoms with Crippen LogP contribution in [0.2, 0.25) is 0 Å². The van der Waals surface area contributed by atoms with Gasteiger partial charge in [0.1, 0.15) is 35.7 Å². The van der Waals surface area contributed by atoms with Crippen LogP contribution in [-0.2, 0) is 0 Å². The summed E-state index contributed by atoms with van der Waals surface area (Å²) in [6, 6.07) is 20.6. The third-order valence-corrected chi connectivity index (χ3v) is 8.11. The van der Waals surface area contributed by atoms with E-state index in [0.717, 1.165) is 40.0 Å². The Bertz CT molecular complexity index is 1100. The van der Waals surface area contributed by atoms with Gasteiger partial charge in [0.25, 0.3) is 0 Å². The standard InChI is InChI=1S/C28H31NO4S/c1-2-19-13-14-29(18-19)15-16-32-24-10-5-20(6-11-24)27-28(21-3-7-22(30)8-4-21)34-26-17-23(31)9-12-25(26)33-27/h3-12,17,19,27-28,30-31H,2,13-16,18H2,1H3/t19-,27-,28+/m0/s1. The molecule has 0 amide bonds. The molecular formula is C28H31NO4S. The lowest BCUT2D eigenvalue weighted by Gasteiger charge is -2.34. The molecule has 0 bridgehead atoms. The number of nitrogens with zero attached hydrogens (tertiary/aromatic N) is 1. The molecule has 1 fully saturated rings. The second-order valence-electron chi connectivity index (χ2n) is 9.08. The predicted octanol–water partition coefficient (Wildman–Crippen LogP) is 6.18. The molecule has 34 heavy (non-hydrogen) atoms. The van der Waals surface area contributed by atoms with Crippen LogP contribution < -0.4 is 9.47 Å². The Morgan fingerprint density at radius 3 is 2.44 bits per heavy atom. The van der Waals surface area contributed by atoms with Gasteiger partial charge in [0, 0.05) is 13.1 Å². The maximum atomic E-state index is 9.94. The van der Waals surface area contributed by atoms with Crippen molar-refractivity contribution in [2.75, 3.05) is 26.2 Å². The molecule has 3 atom stereocenters. The van der Waals surface area contributed by atoms with Gasteiger partial charge in [0.2, 0.25) is 0 Å². The van der Waals surface area contributed by atoms with Crippen molar-refractivity contribution in [1.29, 1.82) is 0 Å². The Morgan fingerprint density at radius 2 is 1.71 bits per heavy atom. The molecule has 0 radical (unpaired) electrons. The molecule has 2 heterocycles. The van der Waals surface area contributed by atoms with E-state index >= 15 is 0 Å². The first kappa shape index (κ1) is 22.9. The van der Waals surface area contributed by atoms with Gasteiger partial charge in [-0.25, -0.2) is 0 Å². The van der Waals surface area contributed by atoms with Crippen molar-refractivity contribution in [3.05, 3.63) is 77.9 Å². The van der Waals surface area contributed by atoms with Crippen molar-refractivity contribution in [2.24, 2.45) is 5.92 Å². The van der Waals surface area contributed by atoms with Crippen molar-refractivity contribution >= 4 is 11.8 Å². The Balaban J connectivity index is 1.30. The zero-order valence-corrected chi connectivity index (χ0v) is 20.2. The zero-order chi connectivity index (χ0) is 23.5. The van der Waals surface area contributed by atoms with Crippen molar-refractivity contribution in [1.82, 2.24) is 4.90 Å². The van der Waals surface area contributed by atoms with Gasteiger partial charge in [0.15, 0.2) is 0 Å². The number of hydrogen-bond acceptors (Lipinski definition) is 6. The molecule has 0 aromatic heterocycles. The molecule has 0 unspecified atom stereocenters. The molecule has 0 saturated carbocycles. The van der Waals surface area contributed by atoms with Gasteiger partial charge in [-0.15, -0.1) is 11.8 Å². The van der Waals surface area contributed by atoms with Gasteiger partial charge in [-0.3, -0.25) is 4.90 Å². The molecular weight excluding hydrogens is 446 g/mol. The van der Waals surface area contributed by atoms with Crippen molar-refractivity contribution in [2.45, 2.75) is 36.0 Å². The first-order valence-corrected chi connectivity index (χ1v) is 12.9. The lowest BCUT2D eigenvalue weighted by molar-refractivity contribution is 0.190. The second-order valence-corrected chi connectivity index (χ2v) is 10.3. The van der Waals surface area contributed by atoms with Gasteiger partial charge >= 0.3 is 0 Å². The summed E-state index contributed by atoms with van der Waals surface area (Å²) in [6.07, 6.45) is 2.35. The summed E-state index contributed by atoms with van der Waals surface area (Å²) in [5.41, 5.74) is 2.11. The molecule has 2 aliphatic rings. The van der Waals surface area contributed by atoms with Crippen LogP contribution in [0.5, 0.6) is 23.0 Å². The molecule has 3 aromatic rings. The average Bonchev–Trinajstić information content (AvgIpc) is 3.32. The Hall–Kier alpha value is -2.83. The lowest BCUT2D eigenvalue weighted by atomic mass is 10.00. The van der Waals surface area contributed by atoms with E-state index in [1.165, 1.54) is 25.9 Å². The van der Waals surface area contributed by atoms with Crippen LogP contribution >= 0.6 is 11.8 Å². The van der Waals surface area contributed by atoms with E-state index in [0.29, 0.717) is 6.61 Å². The Labute approximate surface area is 205 Å². The number of thioether (sulfide) groups is 1. The number of hydrogen-bond donors (Lipinski definition) is 2. The smallest absolute Gasteiger partial charge is 0.140 e. The highest BCUT2D eigenvalue weighted by atomic mass is 32.2. The molecule has 2 N–H and O–H groups in total. The molecule has 2 aliphatic heterocycles. The minimum absolute atomic E-state index is 0.0247. The molecule has 0 aliphatic carbocycles. The number of ether oxygens (including phenoxy) is 2. The van der Waals surface area contributed by atoms with Gasteiger partial charge in [0.05, 0.1) is 10.1 Å². The van der Waals surface area contributed by atoms with Crippen LogP contribution in [0.15, 0.2) is 71.6 Å². The molecule has 3 aromatic carbocycles. The largest absolute Gasteiger partial charge is 0.508 e. The number of benzene rings is 3. The summed E-state index contributed by atoms with van der Waals surface area (Å²) in [7, 11) is 0. The lowest BCUT2D eigenvalue weighted by Crippen LogP contribution is -2.26. The predicted molar refractivity (Wildman–Crippen MR) is 135 cm³/mol. The monoisotopic (exact) mass is 477 g/mol. The molecule has 1 saturated heterocycles. The number of rotatable bonds is 7. The van der Waals surface area contributed by atoms with Crippen molar-refractivity contribution in [3.8, 4) is 23.0 Å². The maximum Gasteiger partial charge on any atom is 0.140 e. The van der Waals surface area contributed by atoms with E-state index in [1.807, 2.05) is 30.3 Å². The van der Waals surface area contributed by atoms with Crippen LogP contribution in [0, 0.1) is 5.92 Å². The van der Waals surface area contributed by atoms with E-state index in [1.54, 1.807) is 36.0 Å². The van der Waals surface area contributed by atoms with Crippen LogP contribution in [0.4, 0.5) is 0 Å². The quantitative estimate of drug-likeness (QED) is 0.424. The van der Waals surface area contributed by atoms with E-state index in [2.05, 4.69) is 24.0 Å². The summed E-state index contributed by atoms with van der Waals surface area (Å²) < 4.78 is 12.5. The zero-order valence-electron chi connectivity index (χ0n) is 19.4. The molecule has 0 spiro atoms. The highest BCUT2D eigenvalue weighted by Crippen LogP contribution is 2.54. The number of likely N-dealkylation sites (tertiary alicyclic amines) is 1. The first-order valence-electron chi connectivity index (χ1n) is 12.0. The molecule has 178 valence electrons. The molecule has 5 rings (SSSR count). The van der Waals surface area contributed by atoms with E-state index in [-0.39, 0.29) is 22.9 Å². The Morgan fingerprint density at radius 1 is 0.971 bits per heavy atom. The van der Waals surface area contributed by atoms with Crippen LogP contribution in [0.3, 0.4) is 0 Å². The fraction of sp³-hybridized carbons (Fsp3) is 0.357. The van der Waals surface area contributed by atoms with Crippen LogP contribution in [0.25, 0.3) is 0 Å². The fourth-order valence-corrected chi connectivity index (χ4v) is 6.05. The first-order chi connectivity index (χ1) is 16.6. The summed E-state index contributed by atoms with van der Waals surface area (Å²) in [6.45, 7) is 6.30. The van der Waals surface area contributed by atoms with Gasteiger partial charge in [-0.05, 0) is 72.5 Å². The summed E-state index contributed by atoms with van der Waals surface area (Å²) >= 11 is 1.66. The highest BCUT2D eigenvalue weighted by Gasteiger charge is 2.33. The third kappa shape index (κ3) is 5.13. The third-order valence-electron chi connectivity index (χ3n) is 6.76. The van der Waals surface area contributed by atoms with E-state index in [9.17, 15) is 10.2 Å². The molecule has 5 nitrogen and oxygen atoms in total. The number of phenols is 2.